The predicted octanol–water partition coefficient (Wildman–Crippen LogP) is 5.46. The summed E-state index contributed by atoms with van der Waals surface area (Å²) in [5.41, 5.74) is 3.75. The number of amides is 3. The third-order valence-corrected chi connectivity index (χ3v) is 4.19. The molecule has 0 unspecified atom stereocenters. The minimum atomic E-state index is -0.456. The van der Waals surface area contributed by atoms with Crippen molar-refractivity contribution >= 4 is 41.1 Å². The van der Waals surface area contributed by atoms with Crippen LogP contribution in [0.4, 0.5) is 16.2 Å². The molecule has 0 aliphatic rings. The zero-order chi connectivity index (χ0) is 22.8. The second-order valence-electron chi connectivity index (χ2n) is 6.33. The maximum absolute atomic E-state index is 12.1. The van der Waals surface area contributed by atoms with Gasteiger partial charge in [-0.1, -0.05) is 17.7 Å². The molecule has 9 heteroatoms. The van der Waals surface area contributed by atoms with Crippen LogP contribution in [0.2, 0.25) is 5.02 Å². The maximum Gasteiger partial charge on any atom is 0.323 e. The van der Waals surface area contributed by atoms with Crippen molar-refractivity contribution in [1.29, 1.82) is 0 Å². The summed E-state index contributed by atoms with van der Waals surface area (Å²) in [5, 5.41) is 9.81. The Hall–Kier alpha value is -4.17. The van der Waals surface area contributed by atoms with Gasteiger partial charge in [-0.05, 0) is 67.6 Å². The second-order valence-corrected chi connectivity index (χ2v) is 6.77. The van der Waals surface area contributed by atoms with Gasteiger partial charge in [-0.2, -0.15) is 5.10 Å². The van der Waals surface area contributed by atoms with Crippen molar-refractivity contribution in [2.45, 2.75) is 6.92 Å². The molecule has 3 amide bonds. The number of halogens is 1. The molecule has 0 fully saturated rings. The van der Waals surface area contributed by atoms with Crippen molar-refractivity contribution in [2.24, 2.45) is 5.10 Å². The van der Waals surface area contributed by atoms with E-state index >= 15 is 0 Å². The quantitative estimate of drug-likeness (QED) is 0.329. The van der Waals surface area contributed by atoms with Crippen LogP contribution in [0.3, 0.4) is 0 Å². The monoisotopic (exact) mass is 449 g/mol. The molecular formula is C23H20ClN5O3. The molecule has 1 aromatic heterocycles. The van der Waals surface area contributed by atoms with Crippen molar-refractivity contribution in [2.75, 3.05) is 10.6 Å². The van der Waals surface area contributed by atoms with Gasteiger partial charge in [-0.15, -0.1) is 0 Å². The summed E-state index contributed by atoms with van der Waals surface area (Å²) in [7, 11) is 0. The van der Waals surface area contributed by atoms with Gasteiger partial charge in [0.1, 0.15) is 17.2 Å². The Bertz CT molecular complexity index is 1130. The fourth-order valence-electron chi connectivity index (χ4n) is 2.45. The van der Waals surface area contributed by atoms with Gasteiger partial charge in [0.15, 0.2) is 0 Å². The van der Waals surface area contributed by atoms with Crippen LogP contribution in [0.25, 0.3) is 0 Å². The van der Waals surface area contributed by atoms with Crippen LogP contribution in [0.5, 0.6) is 11.5 Å². The molecule has 3 rings (SSSR count). The zero-order valence-electron chi connectivity index (χ0n) is 17.1. The number of allylic oxidation sites excluding steroid dienone is 2. The molecule has 0 bridgehead atoms. The van der Waals surface area contributed by atoms with Crippen molar-refractivity contribution < 1.29 is 14.3 Å². The summed E-state index contributed by atoms with van der Waals surface area (Å²) in [5.74, 6) is 0.503. The fourth-order valence-corrected chi connectivity index (χ4v) is 2.58. The van der Waals surface area contributed by atoms with Crippen LogP contribution in [0.1, 0.15) is 17.4 Å². The molecule has 0 saturated heterocycles. The van der Waals surface area contributed by atoms with Gasteiger partial charge in [0, 0.05) is 34.9 Å². The highest BCUT2D eigenvalue weighted by atomic mass is 35.5. The van der Waals surface area contributed by atoms with Gasteiger partial charge in [0.05, 0.1) is 0 Å². The molecule has 0 spiro atoms. The molecule has 162 valence electrons. The molecule has 0 aliphatic carbocycles. The molecule has 0 aliphatic heterocycles. The zero-order valence-corrected chi connectivity index (χ0v) is 17.8. The SMILES string of the molecule is C/C=C/C=N/NC(=O)c1cc(Oc2ccc(NC(=O)Nc3ccc(Cl)cc3)cc2)ccn1. The summed E-state index contributed by atoms with van der Waals surface area (Å²) in [6.07, 6.45) is 6.41. The Kier molecular flexibility index (Phi) is 7.94. The maximum atomic E-state index is 12.1. The molecule has 0 atom stereocenters. The van der Waals surface area contributed by atoms with Gasteiger partial charge in [-0.25, -0.2) is 10.2 Å². The van der Waals surface area contributed by atoms with Crippen LogP contribution in [0.15, 0.2) is 84.1 Å². The third-order valence-electron chi connectivity index (χ3n) is 3.93. The van der Waals surface area contributed by atoms with Crippen LogP contribution in [-0.2, 0) is 0 Å². The van der Waals surface area contributed by atoms with Crippen molar-refractivity contribution in [3.05, 3.63) is 89.7 Å². The van der Waals surface area contributed by atoms with E-state index < -0.39 is 5.91 Å². The number of pyridine rings is 1. The number of benzene rings is 2. The van der Waals surface area contributed by atoms with E-state index in [0.29, 0.717) is 27.9 Å². The topological polar surface area (TPSA) is 105 Å². The first-order chi connectivity index (χ1) is 15.5. The van der Waals surface area contributed by atoms with E-state index in [4.69, 9.17) is 16.3 Å². The number of anilines is 2. The number of hydrogen-bond acceptors (Lipinski definition) is 5. The van der Waals surface area contributed by atoms with Crippen LogP contribution >= 0.6 is 11.6 Å². The van der Waals surface area contributed by atoms with Crippen molar-refractivity contribution in [3.63, 3.8) is 0 Å². The Balaban J connectivity index is 1.56. The third kappa shape index (κ3) is 6.96. The minimum Gasteiger partial charge on any atom is -0.457 e. The van der Waals surface area contributed by atoms with E-state index in [1.54, 1.807) is 66.7 Å². The fraction of sp³-hybridized carbons (Fsp3) is 0.0435. The summed E-state index contributed by atoms with van der Waals surface area (Å²) in [6.45, 7) is 1.84. The first-order valence-corrected chi connectivity index (χ1v) is 9.93. The minimum absolute atomic E-state index is 0.164. The number of hydrogen-bond donors (Lipinski definition) is 3. The summed E-state index contributed by atoms with van der Waals surface area (Å²) in [6, 6.07) is 16.3. The molecule has 0 radical (unpaired) electrons. The molecule has 3 N–H and O–H groups in total. The average Bonchev–Trinajstić information content (AvgIpc) is 2.79. The Morgan fingerprint density at radius 3 is 2.28 bits per heavy atom. The van der Waals surface area contributed by atoms with Gasteiger partial charge >= 0.3 is 6.03 Å². The second kappa shape index (κ2) is 11.3. The largest absolute Gasteiger partial charge is 0.457 e. The average molecular weight is 450 g/mol. The number of carbonyl (C=O) groups excluding carboxylic acids is 2. The van der Waals surface area contributed by atoms with Gasteiger partial charge in [0.2, 0.25) is 0 Å². The van der Waals surface area contributed by atoms with Crippen molar-refractivity contribution in [3.8, 4) is 11.5 Å². The van der Waals surface area contributed by atoms with Gasteiger partial charge in [-0.3, -0.25) is 9.78 Å². The lowest BCUT2D eigenvalue weighted by molar-refractivity contribution is 0.0950. The van der Waals surface area contributed by atoms with Gasteiger partial charge in [0.25, 0.3) is 5.91 Å². The Morgan fingerprint density at radius 2 is 1.62 bits per heavy atom. The van der Waals surface area contributed by atoms with Crippen molar-refractivity contribution in [1.82, 2.24) is 10.4 Å². The highest BCUT2D eigenvalue weighted by molar-refractivity contribution is 6.30. The Morgan fingerprint density at radius 1 is 0.969 bits per heavy atom. The highest BCUT2D eigenvalue weighted by Gasteiger charge is 2.08. The molecule has 8 nitrogen and oxygen atoms in total. The number of carbonyl (C=O) groups is 2. The van der Waals surface area contributed by atoms with E-state index in [-0.39, 0.29) is 11.7 Å². The molecule has 2 aromatic carbocycles. The number of nitrogens with zero attached hydrogens (tertiary/aromatic N) is 2. The lowest BCUT2D eigenvalue weighted by Crippen LogP contribution is -2.19. The normalized spacial score (nSPS) is 10.8. The number of urea groups is 1. The molecule has 0 saturated carbocycles. The number of nitrogens with one attached hydrogen (secondary N) is 3. The predicted molar refractivity (Wildman–Crippen MR) is 126 cm³/mol. The number of ether oxygens (including phenoxy) is 1. The highest BCUT2D eigenvalue weighted by Crippen LogP contribution is 2.23. The Labute approximate surface area is 190 Å². The smallest absolute Gasteiger partial charge is 0.323 e. The molecule has 3 aromatic rings. The summed E-state index contributed by atoms with van der Waals surface area (Å²) in [4.78, 5) is 28.2. The summed E-state index contributed by atoms with van der Waals surface area (Å²) >= 11 is 5.83. The van der Waals surface area contributed by atoms with Crippen LogP contribution in [0, 0.1) is 0 Å². The molecular weight excluding hydrogens is 430 g/mol. The van der Waals surface area contributed by atoms with E-state index in [9.17, 15) is 9.59 Å². The standard InChI is InChI=1S/C23H20ClN5O3/c1-2-3-13-26-29-22(30)21-15-20(12-14-25-21)32-19-10-8-18(9-11-19)28-23(31)27-17-6-4-16(24)5-7-17/h2-15H,1H3,(H,29,30)(H2,27,28,31)/b3-2+,26-13+. The first kappa shape index (κ1) is 22.5. The lowest BCUT2D eigenvalue weighted by atomic mass is 10.3. The van der Waals surface area contributed by atoms with E-state index in [0.717, 1.165) is 0 Å². The summed E-state index contributed by atoms with van der Waals surface area (Å²) < 4.78 is 5.77. The van der Waals surface area contributed by atoms with Crippen LogP contribution in [-0.4, -0.2) is 23.1 Å². The van der Waals surface area contributed by atoms with E-state index in [2.05, 4.69) is 26.1 Å². The lowest BCUT2D eigenvalue weighted by Gasteiger charge is -2.10. The number of rotatable bonds is 7. The number of hydrazone groups is 1. The van der Waals surface area contributed by atoms with E-state index in [1.165, 1.54) is 18.5 Å². The molecule has 32 heavy (non-hydrogen) atoms. The molecule has 1 heterocycles. The number of aromatic nitrogens is 1. The van der Waals surface area contributed by atoms with E-state index in [1.807, 2.05) is 6.92 Å². The van der Waals surface area contributed by atoms with Crippen LogP contribution < -0.4 is 20.8 Å². The first-order valence-electron chi connectivity index (χ1n) is 9.56. The van der Waals surface area contributed by atoms with Gasteiger partial charge < -0.3 is 15.4 Å².